The third-order valence-corrected chi connectivity index (χ3v) is 4.29. The van der Waals surface area contributed by atoms with Gasteiger partial charge in [-0.05, 0) is 43.6 Å². The first-order chi connectivity index (χ1) is 9.63. The van der Waals surface area contributed by atoms with Gasteiger partial charge in [-0.3, -0.25) is 0 Å². The van der Waals surface area contributed by atoms with Crippen LogP contribution in [0.1, 0.15) is 52.9 Å². The van der Waals surface area contributed by atoms with Crippen LogP contribution in [-0.4, -0.2) is 18.1 Å². The van der Waals surface area contributed by atoms with Crippen molar-refractivity contribution in [1.82, 2.24) is 4.98 Å². The molecule has 0 radical (unpaired) electrons. The number of rotatable bonds is 7. The lowest BCUT2D eigenvalue weighted by atomic mass is 9.78. The van der Waals surface area contributed by atoms with Crippen LogP contribution in [0.5, 0.6) is 0 Å². The fraction of sp³-hybridized carbons (Fsp3) is 0.706. The third kappa shape index (κ3) is 4.12. The molecule has 20 heavy (non-hydrogen) atoms. The molecule has 2 N–H and O–H groups in total. The van der Waals surface area contributed by atoms with Crippen LogP contribution in [0.3, 0.4) is 0 Å². The van der Waals surface area contributed by atoms with Gasteiger partial charge in [-0.2, -0.15) is 0 Å². The lowest BCUT2D eigenvalue weighted by Crippen LogP contribution is -2.28. The van der Waals surface area contributed by atoms with Crippen LogP contribution in [0.25, 0.3) is 0 Å². The van der Waals surface area contributed by atoms with Crippen LogP contribution in [0.4, 0.5) is 11.5 Å². The molecule has 0 aliphatic heterocycles. The normalized spacial score (nSPS) is 17.4. The Kier molecular flexibility index (Phi) is 5.27. The van der Waals surface area contributed by atoms with E-state index in [1.807, 2.05) is 6.20 Å². The summed E-state index contributed by atoms with van der Waals surface area (Å²) in [6.07, 6.45) is 8.77. The summed E-state index contributed by atoms with van der Waals surface area (Å²) < 4.78 is 0. The molecule has 1 aliphatic carbocycles. The topological polar surface area (TPSA) is 37.0 Å². The lowest BCUT2D eigenvalue weighted by molar-refractivity contribution is 0.252. The molecular weight excluding hydrogens is 246 g/mol. The van der Waals surface area contributed by atoms with Gasteiger partial charge in [0.15, 0.2) is 0 Å². The number of anilines is 2. The van der Waals surface area contributed by atoms with E-state index in [2.05, 4.69) is 48.5 Å². The van der Waals surface area contributed by atoms with Crippen molar-refractivity contribution in [3.05, 3.63) is 18.3 Å². The molecule has 1 saturated carbocycles. The fourth-order valence-electron chi connectivity index (χ4n) is 3.55. The molecule has 1 heterocycles. The molecule has 112 valence electrons. The third-order valence-electron chi connectivity index (χ3n) is 4.29. The second-order valence-corrected chi connectivity index (χ2v) is 6.62. The Balaban J connectivity index is 1.97. The van der Waals surface area contributed by atoms with E-state index in [0.717, 1.165) is 24.8 Å². The minimum absolute atomic E-state index is 0.510. The van der Waals surface area contributed by atoms with Crippen molar-refractivity contribution in [2.75, 3.05) is 23.7 Å². The van der Waals surface area contributed by atoms with E-state index in [1.54, 1.807) is 0 Å². The van der Waals surface area contributed by atoms with E-state index in [-0.39, 0.29) is 0 Å². The first-order valence-corrected chi connectivity index (χ1v) is 8.07. The quantitative estimate of drug-likeness (QED) is 0.767. The number of pyridine rings is 1. The Morgan fingerprint density at radius 3 is 2.65 bits per heavy atom. The zero-order valence-electron chi connectivity index (χ0n) is 13.2. The number of hydrogen-bond acceptors (Lipinski definition) is 3. The fourth-order valence-corrected chi connectivity index (χ4v) is 3.55. The van der Waals surface area contributed by atoms with E-state index in [4.69, 9.17) is 0 Å². The predicted octanol–water partition coefficient (Wildman–Crippen LogP) is 4.53. The van der Waals surface area contributed by atoms with E-state index < -0.39 is 0 Å². The summed E-state index contributed by atoms with van der Waals surface area (Å²) in [7, 11) is 0. The Morgan fingerprint density at radius 2 is 2.00 bits per heavy atom. The Hall–Kier alpha value is -1.25. The van der Waals surface area contributed by atoms with E-state index >= 15 is 0 Å². The molecule has 0 bridgehead atoms. The molecule has 1 aliphatic rings. The number of aromatic nitrogens is 1. The van der Waals surface area contributed by atoms with Gasteiger partial charge in [-0.1, -0.05) is 26.7 Å². The zero-order valence-corrected chi connectivity index (χ0v) is 13.2. The maximum atomic E-state index is 4.32. The molecule has 1 aromatic heterocycles. The molecule has 0 unspecified atom stereocenters. The van der Waals surface area contributed by atoms with Gasteiger partial charge in [0, 0.05) is 31.0 Å². The van der Waals surface area contributed by atoms with Crippen molar-refractivity contribution in [2.24, 2.45) is 11.3 Å². The highest BCUT2D eigenvalue weighted by molar-refractivity contribution is 5.51. The maximum absolute atomic E-state index is 4.32. The number of hydrogen-bond donors (Lipinski definition) is 2. The summed E-state index contributed by atoms with van der Waals surface area (Å²) in [5.41, 5.74) is 1.70. The molecule has 3 nitrogen and oxygen atoms in total. The minimum atomic E-state index is 0.510. The molecular formula is C17H29N3. The SMILES string of the molecule is CCNc1cc(NCC2(CC(C)C)CCCC2)ccn1. The highest BCUT2D eigenvalue weighted by atomic mass is 15.0. The number of nitrogens with zero attached hydrogens (tertiary/aromatic N) is 1. The summed E-state index contributed by atoms with van der Waals surface area (Å²) >= 11 is 0. The standard InChI is InChI=1S/C17H29N3/c1-4-18-16-11-15(7-10-19-16)20-13-17(12-14(2)3)8-5-6-9-17/h7,10-11,14H,4-6,8-9,12-13H2,1-3H3,(H2,18,19,20). The summed E-state index contributed by atoms with van der Waals surface area (Å²) in [6.45, 7) is 8.79. The van der Waals surface area contributed by atoms with Crippen molar-refractivity contribution in [3.63, 3.8) is 0 Å². The van der Waals surface area contributed by atoms with Crippen molar-refractivity contribution >= 4 is 11.5 Å². The van der Waals surface area contributed by atoms with Crippen LogP contribution in [-0.2, 0) is 0 Å². The van der Waals surface area contributed by atoms with Gasteiger partial charge in [0.25, 0.3) is 0 Å². The van der Waals surface area contributed by atoms with E-state index in [0.29, 0.717) is 5.41 Å². The molecule has 0 spiro atoms. The van der Waals surface area contributed by atoms with Gasteiger partial charge in [0.1, 0.15) is 5.82 Å². The number of nitrogens with one attached hydrogen (secondary N) is 2. The van der Waals surface area contributed by atoms with Crippen LogP contribution < -0.4 is 10.6 Å². The van der Waals surface area contributed by atoms with Crippen molar-refractivity contribution in [2.45, 2.75) is 52.9 Å². The molecule has 1 fully saturated rings. The van der Waals surface area contributed by atoms with Gasteiger partial charge in [-0.15, -0.1) is 0 Å². The monoisotopic (exact) mass is 275 g/mol. The summed E-state index contributed by atoms with van der Waals surface area (Å²) in [6, 6.07) is 4.18. The first kappa shape index (κ1) is 15.1. The largest absolute Gasteiger partial charge is 0.384 e. The van der Waals surface area contributed by atoms with Gasteiger partial charge >= 0.3 is 0 Å². The molecule has 0 saturated heterocycles. The average Bonchev–Trinajstić information content (AvgIpc) is 2.85. The van der Waals surface area contributed by atoms with Crippen LogP contribution in [0.15, 0.2) is 18.3 Å². The van der Waals surface area contributed by atoms with Crippen molar-refractivity contribution < 1.29 is 0 Å². The van der Waals surface area contributed by atoms with Gasteiger partial charge in [-0.25, -0.2) is 4.98 Å². The molecule has 2 rings (SSSR count). The van der Waals surface area contributed by atoms with E-state index in [1.165, 1.54) is 37.8 Å². The van der Waals surface area contributed by atoms with Crippen LogP contribution >= 0.6 is 0 Å². The summed E-state index contributed by atoms with van der Waals surface area (Å²) in [5, 5.41) is 6.92. The predicted molar refractivity (Wildman–Crippen MR) is 87.2 cm³/mol. The minimum Gasteiger partial charge on any atom is -0.384 e. The van der Waals surface area contributed by atoms with Crippen LogP contribution in [0, 0.1) is 11.3 Å². The summed E-state index contributed by atoms with van der Waals surface area (Å²) in [4.78, 5) is 4.32. The molecule has 0 amide bonds. The van der Waals surface area contributed by atoms with Gasteiger partial charge < -0.3 is 10.6 Å². The van der Waals surface area contributed by atoms with Crippen LogP contribution in [0.2, 0.25) is 0 Å². The Bertz CT molecular complexity index is 408. The maximum Gasteiger partial charge on any atom is 0.127 e. The van der Waals surface area contributed by atoms with Crippen molar-refractivity contribution in [3.8, 4) is 0 Å². The molecule has 1 aromatic rings. The average molecular weight is 275 g/mol. The van der Waals surface area contributed by atoms with E-state index in [9.17, 15) is 0 Å². The van der Waals surface area contributed by atoms with Gasteiger partial charge in [0.2, 0.25) is 0 Å². The van der Waals surface area contributed by atoms with Crippen molar-refractivity contribution in [1.29, 1.82) is 0 Å². The molecule has 0 atom stereocenters. The Morgan fingerprint density at radius 1 is 1.25 bits per heavy atom. The smallest absolute Gasteiger partial charge is 0.127 e. The summed E-state index contributed by atoms with van der Waals surface area (Å²) in [5.74, 6) is 1.74. The molecule has 0 aromatic carbocycles. The lowest BCUT2D eigenvalue weighted by Gasteiger charge is -2.31. The van der Waals surface area contributed by atoms with Gasteiger partial charge in [0.05, 0.1) is 0 Å². The highest BCUT2D eigenvalue weighted by Crippen LogP contribution is 2.43. The second-order valence-electron chi connectivity index (χ2n) is 6.62. The Labute approximate surface area is 123 Å². The zero-order chi connectivity index (χ0) is 14.4. The first-order valence-electron chi connectivity index (χ1n) is 8.07. The second kappa shape index (κ2) is 6.96. The molecule has 3 heteroatoms. The highest BCUT2D eigenvalue weighted by Gasteiger charge is 2.34.